The molecule has 5 nitrogen and oxygen atoms in total. The standard InChI is InChI=1S/C23H29N3O2/c1-17(18-8-10-20(11-9-18)19-6-4-3-5-7-19)25-26-23(27)16-24-21-12-14-22(28-2)15-13-21/h8-15,19,24H,3-7,16H2,1-2H3,(H,26,27). The van der Waals surface area contributed by atoms with E-state index in [9.17, 15) is 4.79 Å². The van der Waals surface area contributed by atoms with Gasteiger partial charge in [-0.15, -0.1) is 0 Å². The van der Waals surface area contributed by atoms with Gasteiger partial charge in [0.2, 0.25) is 0 Å². The summed E-state index contributed by atoms with van der Waals surface area (Å²) in [6, 6.07) is 16.0. The molecule has 0 atom stereocenters. The number of nitrogens with zero attached hydrogens (tertiary/aromatic N) is 1. The van der Waals surface area contributed by atoms with Crippen molar-refractivity contribution in [3.8, 4) is 5.75 Å². The van der Waals surface area contributed by atoms with Crippen LogP contribution in [0.3, 0.4) is 0 Å². The third kappa shape index (κ3) is 5.59. The molecule has 28 heavy (non-hydrogen) atoms. The second-order valence-corrected chi connectivity index (χ2v) is 7.27. The van der Waals surface area contributed by atoms with Crippen molar-refractivity contribution in [3.05, 3.63) is 59.7 Å². The van der Waals surface area contributed by atoms with Crippen molar-refractivity contribution in [1.29, 1.82) is 0 Å². The lowest BCUT2D eigenvalue weighted by Gasteiger charge is -2.22. The summed E-state index contributed by atoms with van der Waals surface area (Å²) in [4.78, 5) is 12.0. The second kappa shape index (κ2) is 9.93. The Labute approximate surface area is 167 Å². The van der Waals surface area contributed by atoms with Crippen LogP contribution in [-0.2, 0) is 4.79 Å². The molecule has 0 saturated heterocycles. The summed E-state index contributed by atoms with van der Waals surface area (Å²) < 4.78 is 5.12. The van der Waals surface area contributed by atoms with Crippen molar-refractivity contribution >= 4 is 17.3 Å². The van der Waals surface area contributed by atoms with Crippen molar-refractivity contribution in [2.75, 3.05) is 19.0 Å². The first kappa shape index (κ1) is 19.9. The molecule has 0 aliphatic heterocycles. The van der Waals surface area contributed by atoms with Crippen LogP contribution in [0.2, 0.25) is 0 Å². The number of hydrogen-bond acceptors (Lipinski definition) is 4. The molecule has 1 saturated carbocycles. The zero-order valence-corrected chi connectivity index (χ0v) is 16.7. The third-order valence-corrected chi connectivity index (χ3v) is 5.30. The number of nitrogens with one attached hydrogen (secondary N) is 2. The first-order valence-corrected chi connectivity index (χ1v) is 9.97. The number of ether oxygens (including phenoxy) is 1. The number of benzene rings is 2. The van der Waals surface area contributed by atoms with Gasteiger partial charge < -0.3 is 10.1 Å². The molecule has 0 radical (unpaired) electrons. The van der Waals surface area contributed by atoms with Gasteiger partial charge in [0.25, 0.3) is 5.91 Å². The minimum atomic E-state index is -0.186. The average molecular weight is 380 g/mol. The van der Waals surface area contributed by atoms with Crippen molar-refractivity contribution in [2.45, 2.75) is 44.9 Å². The van der Waals surface area contributed by atoms with E-state index in [0.29, 0.717) is 5.92 Å². The zero-order valence-electron chi connectivity index (χ0n) is 16.7. The van der Waals surface area contributed by atoms with Crippen molar-refractivity contribution in [1.82, 2.24) is 5.43 Å². The Morgan fingerprint density at radius 3 is 2.36 bits per heavy atom. The van der Waals surface area contributed by atoms with Gasteiger partial charge in [-0.2, -0.15) is 5.10 Å². The molecule has 2 aromatic rings. The maximum absolute atomic E-state index is 12.0. The number of anilines is 1. The van der Waals surface area contributed by atoms with Gasteiger partial charge in [-0.3, -0.25) is 4.79 Å². The quantitative estimate of drug-likeness (QED) is 0.542. The molecule has 2 aromatic carbocycles. The van der Waals surface area contributed by atoms with Crippen LogP contribution in [0.15, 0.2) is 53.6 Å². The highest BCUT2D eigenvalue weighted by molar-refractivity contribution is 5.99. The van der Waals surface area contributed by atoms with E-state index in [4.69, 9.17) is 4.74 Å². The van der Waals surface area contributed by atoms with E-state index in [1.54, 1.807) is 7.11 Å². The fourth-order valence-electron chi connectivity index (χ4n) is 3.57. The molecule has 0 bridgehead atoms. The lowest BCUT2D eigenvalue weighted by molar-refractivity contribution is -0.119. The van der Waals surface area contributed by atoms with Crippen LogP contribution in [0.4, 0.5) is 5.69 Å². The molecule has 1 aliphatic rings. The highest BCUT2D eigenvalue weighted by atomic mass is 16.5. The lowest BCUT2D eigenvalue weighted by atomic mass is 9.84. The largest absolute Gasteiger partial charge is 0.497 e. The molecule has 1 aliphatic carbocycles. The summed E-state index contributed by atoms with van der Waals surface area (Å²) in [5.41, 5.74) is 6.72. The first-order valence-electron chi connectivity index (χ1n) is 9.97. The molecule has 1 fully saturated rings. The molecule has 2 N–H and O–H groups in total. The molecule has 1 amide bonds. The molecule has 0 heterocycles. The number of rotatable bonds is 7. The minimum absolute atomic E-state index is 0.156. The van der Waals surface area contributed by atoms with E-state index in [1.807, 2.05) is 31.2 Å². The lowest BCUT2D eigenvalue weighted by Crippen LogP contribution is -2.26. The second-order valence-electron chi connectivity index (χ2n) is 7.27. The number of amides is 1. The summed E-state index contributed by atoms with van der Waals surface area (Å²) in [5, 5.41) is 7.30. The van der Waals surface area contributed by atoms with Gasteiger partial charge >= 0.3 is 0 Å². The van der Waals surface area contributed by atoms with Gasteiger partial charge in [0.1, 0.15) is 5.75 Å². The number of carbonyl (C=O) groups excluding carboxylic acids is 1. The summed E-state index contributed by atoms with van der Waals surface area (Å²) in [7, 11) is 1.62. The fourth-order valence-corrected chi connectivity index (χ4v) is 3.57. The molecule has 3 rings (SSSR count). The van der Waals surface area contributed by atoms with E-state index in [1.165, 1.54) is 37.7 Å². The van der Waals surface area contributed by atoms with Crippen LogP contribution in [0, 0.1) is 0 Å². The SMILES string of the molecule is COc1ccc(NCC(=O)NN=C(C)c2ccc(C3CCCCC3)cc2)cc1. The number of hydrogen-bond donors (Lipinski definition) is 2. The predicted octanol–water partition coefficient (Wildman–Crippen LogP) is 4.70. The topological polar surface area (TPSA) is 62.7 Å². The third-order valence-electron chi connectivity index (χ3n) is 5.30. The van der Waals surface area contributed by atoms with Gasteiger partial charge in [0.05, 0.1) is 19.4 Å². The van der Waals surface area contributed by atoms with Gasteiger partial charge in [-0.25, -0.2) is 5.43 Å². The molecule has 5 heteroatoms. The van der Waals surface area contributed by atoms with Crippen LogP contribution < -0.4 is 15.5 Å². The van der Waals surface area contributed by atoms with Gasteiger partial charge in [0.15, 0.2) is 0 Å². The highest BCUT2D eigenvalue weighted by Gasteiger charge is 2.15. The zero-order chi connectivity index (χ0) is 19.8. The Morgan fingerprint density at radius 1 is 1.04 bits per heavy atom. The summed E-state index contributed by atoms with van der Waals surface area (Å²) in [6.45, 7) is 2.07. The summed E-state index contributed by atoms with van der Waals surface area (Å²) in [5.74, 6) is 1.29. The Balaban J connectivity index is 1.49. The summed E-state index contributed by atoms with van der Waals surface area (Å²) >= 11 is 0. The van der Waals surface area contributed by atoms with Gasteiger partial charge in [-0.05, 0) is 61.1 Å². The van der Waals surface area contributed by atoms with Crippen LogP contribution in [-0.4, -0.2) is 25.3 Å². The van der Waals surface area contributed by atoms with E-state index in [2.05, 4.69) is 40.1 Å². The molecule has 148 valence electrons. The predicted molar refractivity (Wildman–Crippen MR) is 114 cm³/mol. The molecule has 0 spiro atoms. The van der Waals surface area contributed by atoms with E-state index < -0.39 is 0 Å². The maximum atomic E-state index is 12.0. The van der Waals surface area contributed by atoms with Crippen molar-refractivity contribution in [3.63, 3.8) is 0 Å². The molecular formula is C23H29N3O2. The Hall–Kier alpha value is -2.82. The number of hydrazone groups is 1. The summed E-state index contributed by atoms with van der Waals surface area (Å²) in [6.07, 6.45) is 6.63. The van der Waals surface area contributed by atoms with E-state index in [0.717, 1.165) is 22.7 Å². The average Bonchev–Trinajstić information content (AvgIpc) is 2.77. The molecular weight excluding hydrogens is 350 g/mol. The number of carbonyl (C=O) groups is 1. The Kier molecular flexibility index (Phi) is 7.06. The van der Waals surface area contributed by atoms with Gasteiger partial charge in [0, 0.05) is 5.69 Å². The van der Waals surface area contributed by atoms with Crippen molar-refractivity contribution < 1.29 is 9.53 Å². The van der Waals surface area contributed by atoms with Crippen LogP contribution in [0.25, 0.3) is 0 Å². The molecule has 0 aromatic heterocycles. The van der Waals surface area contributed by atoms with Gasteiger partial charge in [-0.1, -0.05) is 43.5 Å². The van der Waals surface area contributed by atoms with E-state index in [-0.39, 0.29) is 12.5 Å². The maximum Gasteiger partial charge on any atom is 0.259 e. The van der Waals surface area contributed by atoms with Crippen LogP contribution >= 0.6 is 0 Å². The van der Waals surface area contributed by atoms with Crippen LogP contribution in [0.5, 0.6) is 5.75 Å². The Morgan fingerprint density at radius 2 is 1.71 bits per heavy atom. The monoisotopic (exact) mass is 379 g/mol. The Bertz CT molecular complexity index is 792. The first-order chi connectivity index (χ1) is 13.7. The fraction of sp³-hybridized carbons (Fsp3) is 0.391. The minimum Gasteiger partial charge on any atom is -0.497 e. The molecule has 0 unspecified atom stereocenters. The number of methoxy groups -OCH3 is 1. The normalized spacial score (nSPS) is 15.1. The van der Waals surface area contributed by atoms with E-state index >= 15 is 0 Å². The van der Waals surface area contributed by atoms with Crippen LogP contribution in [0.1, 0.15) is 56.1 Å². The highest BCUT2D eigenvalue weighted by Crippen LogP contribution is 2.32. The smallest absolute Gasteiger partial charge is 0.259 e. The van der Waals surface area contributed by atoms with Crippen molar-refractivity contribution in [2.24, 2.45) is 5.10 Å².